The van der Waals surface area contributed by atoms with E-state index in [1.54, 1.807) is 23.7 Å². The third kappa shape index (κ3) is 5.23. The zero-order valence-electron chi connectivity index (χ0n) is 16.2. The van der Waals surface area contributed by atoms with Crippen LogP contribution in [0.5, 0.6) is 0 Å². The molecule has 2 aromatic heterocycles. The van der Waals surface area contributed by atoms with E-state index in [-0.39, 0.29) is 4.90 Å². The molecule has 11 heteroatoms. The first kappa shape index (κ1) is 22.2. The minimum absolute atomic E-state index is 0.112. The average molecular weight is 544 g/mol. The van der Waals surface area contributed by atoms with Crippen LogP contribution in [0.15, 0.2) is 81.1 Å². The summed E-state index contributed by atoms with van der Waals surface area (Å²) >= 11 is 6.03. The Bertz CT molecular complexity index is 1410. The molecule has 0 saturated heterocycles. The van der Waals surface area contributed by atoms with E-state index in [0.717, 1.165) is 15.7 Å². The number of sulfonamides is 1. The van der Waals surface area contributed by atoms with Crippen LogP contribution in [-0.2, 0) is 10.0 Å². The smallest absolute Gasteiger partial charge is 0.263 e. The number of halogens is 1. The Labute approximate surface area is 201 Å². The first-order valence-electron chi connectivity index (χ1n) is 9.05. The molecule has 32 heavy (non-hydrogen) atoms. The Morgan fingerprint density at radius 3 is 2.66 bits per heavy atom. The van der Waals surface area contributed by atoms with Crippen molar-refractivity contribution in [1.82, 2.24) is 9.97 Å². The Morgan fingerprint density at radius 1 is 1.16 bits per heavy atom. The predicted molar refractivity (Wildman–Crippen MR) is 132 cm³/mol. The second-order valence-electron chi connectivity index (χ2n) is 6.33. The van der Waals surface area contributed by atoms with E-state index in [2.05, 4.69) is 42.0 Å². The summed E-state index contributed by atoms with van der Waals surface area (Å²) in [7, 11) is -3.71. The summed E-state index contributed by atoms with van der Waals surface area (Å²) < 4.78 is 28.2. The number of allylic oxidation sites excluding steroid dienone is 1. The lowest BCUT2D eigenvalue weighted by molar-refractivity contribution is 0.601. The van der Waals surface area contributed by atoms with E-state index >= 15 is 0 Å². The lowest BCUT2D eigenvalue weighted by Gasteiger charge is -2.06. The molecule has 0 aliphatic rings. The number of rotatable bonds is 7. The molecule has 0 atom stereocenters. The van der Waals surface area contributed by atoms with Gasteiger partial charge in [-0.3, -0.25) is 4.72 Å². The number of hydrogen-bond acceptors (Lipinski definition) is 8. The molecule has 2 aromatic carbocycles. The number of nitrogens with one attached hydrogen (secondary N) is 2. The van der Waals surface area contributed by atoms with Crippen molar-refractivity contribution in [3.8, 4) is 17.3 Å². The van der Waals surface area contributed by atoms with Crippen molar-refractivity contribution in [3.63, 3.8) is 0 Å². The van der Waals surface area contributed by atoms with E-state index in [1.165, 1.54) is 41.0 Å². The van der Waals surface area contributed by atoms with Crippen LogP contribution in [0, 0.1) is 11.3 Å². The summed E-state index contributed by atoms with van der Waals surface area (Å²) in [6, 6.07) is 16.1. The van der Waals surface area contributed by atoms with E-state index in [1.807, 2.05) is 29.6 Å². The Balaban J connectivity index is 1.48. The molecule has 0 bridgehead atoms. The maximum Gasteiger partial charge on any atom is 0.263 e. The van der Waals surface area contributed by atoms with Crippen LogP contribution in [0.2, 0.25) is 0 Å². The van der Waals surface area contributed by atoms with E-state index < -0.39 is 10.0 Å². The number of hydrogen-bond donors (Lipinski definition) is 2. The van der Waals surface area contributed by atoms with Crippen LogP contribution in [0.1, 0.15) is 5.01 Å². The van der Waals surface area contributed by atoms with Gasteiger partial charge in [0.1, 0.15) is 16.6 Å². The standard InChI is InChI=1S/C21H14BrN5O2S3/c22-16-3-1-2-14(10-16)19-13-31-20(26-19)15(11-23)12-25-17-4-6-18(7-5-17)32(28,29)27-21-24-8-9-30-21/h1-10,12-13,25H,(H,24,27)/b15-12+. The van der Waals surface area contributed by atoms with Gasteiger partial charge in [-0.1, -0.05) is 28.1 Å². The van der Waals surface area contributed by atoms with Gasteiger partial charge in [0, 0.05) is 38.9 Å². The SMILES string of the molecule is N#C/C(=C\Nc1ccc(S(=O)(=O)Nc2nccs2)cc1)c1nc(-c2cccc(Br)c2)cs1. The second kappa shape index (κ2) is 9.62. The quantitative estimate of drug-likeness (QED) is 0.285. The molecule has 0 unspecified atom stereocenters. The molecule has 0 aliphatic heterocycles. The normalized spacial score (nSPS) is 11.7. The third-order valence-corrected chi connectivity index (χ3v) is 7.72. The number of anilines is 2. The molecule has 4 aromatic rings. The fraction of sp³-hybridized carbons (Fsp3) is 0. The van der Waals surface area contributed by atoms with Crippen LogP contribution in [0.3, 0.4) is 0 Å². The molecular weight excluding hydrogens is 530 g/mol. The molecule has 160 valence electrons. The molecule has 4 rings (SSSR count). The largest absolute Gasteiger partial charge is 0.360 e. The van der Waals surface area contributed by atoms with Crippen LogP contribution >= 0.6 is 38.6 Å². The van der Waals surface area contributed by atoms with Gasteiger partial charge in [-0.05, 0) is 36.4 Å². The minimum atomic E-state index is -3.71. The van der Waals surface area contributed by atoms with Crippen LogP contribution in [-0.4, -0.2) is 18.4 Å². The molecule has 0 fully saturated rings. The second-order valence-corrected chi connectivity index (χ2v) is 10.7. The number of nitrogens with zero attached hydrogens (tertiary/aromatic N) is 3. The number of benzene rings is 2. The Morgan fingerprint density at radius 2 is 1.97 bits per heavy atom. The summed E-state index contributed by atoms with van der Waals surface area (Å²) in [6.45, 7) is 0. The maximum absolute atomic E-state index is 12.4. The zero-order valence-corrected chi connectivity index (χ0v) is 20.2. The highest BCUT2D eigenvalue weighted by Crippen LogP contribution is 2.28. The molecule has 0 aliphatic carbocycles. The first-order chi connectivity index (χ1) is 15.4. The summed E-state index contributed by atoms with van der Waals surface area (Å²) in [6.07, 6.45) is 3.08. The van der Waals surface area contributed by atoms with Crippen molar-refractivity contribution < 1.29 is 8.42 Å². The fourth-order valence-electron chi connectivity index (χ4n) is 2.65. The minimum Gasteiger partial charge on any atom is -0.360 e. The molecular formula is C21H14BrN5O2S3. The first-order valence-corrected chi connectivity index (χ1v) is 13.1. The van der Waals surface area contributed by atoms with E-state index in [9.17, 15) is 13.7 Å². The number of thiazole rings is 2. The highest BCUT2D eigenvalue weighted by atomic mass is 79.9. The predicted octanol–water partition coefficient (Wildman–Crippen LogP) is 5.81. The zero-order chi connectivity index (χ0) is 22.6. The topological polar surface area (TPSA) is 108 Å². The van der Waals surface area contributed by atoms with Crippen molar-refractivity contribution in [2.24, 2.45) is 0 Å². The van der Waals surface area contributed by atoms with Gasteiger partial charge in [0.2, 0.25) is 0 Å². The van der Waals surface area contributed by atoms with Crippen LogP contribution < -0.4 is 10.0 Å². The molecule has 0 radical (unpaired) electrons. The maximum atomic E-state index is 12.4. The van der Waals surface area contributed by atoms with Gasteiger partial charge in [0.25, 0.3) is 10.0 Å². The molecule has 2 N–H and O–H groups in total. The van der Waals surface area contributed by atoms with Crippen molar-refractivity contribution >= 4 is 65.0 Å². The average Bonchev–Trinajstić information content (AvgIpc) is 3.47. The molecule has 2 heterocycles. The molecule has 0 amide bonds. The summed E-state index contributed by atoms with van der Waals surface area (Å²) in [5.41, 5.74) is 2.75. The van der Waals surface area contributed by atoms with Crippen LogP contribution in [0.4, 0.5) is 10.8 Å². The lowest BCUT2D eigenvalue weighted by atomic mass is 10.2. The van der Waals surface area contributed by atoms with E-state index in [0.29, 0.717) is 21.4 Å². The van der Waals surface area contributed by atoms with Gasteiger partial charge < -0.3 is 5.32 Å². The third-order valence-electron chi connectivity index (χ3n) is 4.18. The summed E-state index contributed by atoms with van der Waals surface area (Å²) in [5.74, 6) is 0. The number of nitriles is 1. The van der Waals surface area contributed by atoms with Crippen LogP contribution in [0.25, 0.3) is 16.8 Å². The Kier molecular flexibility index (Phi) is 6.66. The Hall–Kier alpha value is -3.04. The van der Waals surface area contributed by atoms with Gasteiger partial charge in [-0.2, -0.15) is 5.26 Å². The number of aromatic nitrogens is 2. The highest BCUT2D eigenvalue weighted by Gasteiger charge is 2.15. The van der Waals surface area contributed by atoms with Gasteiger partial charge in [0.15, 0.2) is 5.13 Å². The highest BCUT2D eigenvalue weighted by molar-refractivity contribution is 9.10. The lowest BCUT2D eigenvalue weighted by Crippen LogP contribution is -2.12. The van der Waals surface area contributed by atoms with Gasteiger partial charge >= 0.3 is 0 Å². The van der Waals surface area contributed by atoms with Crippen molar-refractivity contribution in [1.29, 1.82) is 5.26 Å². The van der Waals surface area contributed by atoms with Crippen molar-refractivity contribution in [2.75, 3.05) is 10.0 Å². The van der Waals surface area contributed by atoms with E-state index in [4.69, 9.17) is 0 Å². The summed E-state index contributed by atoms with van der Waals surface area (Å²) in [5, 5.41) is 17.1. The van der Waals surface area contributed by atoms with Gasteiger partial charge in [0.05, 0.1) is 10.6 Å². The molecule has 0 saturated carbocycles. The van der Waals surface area contributed by atoms with Crippen molar-refractivity contribution in [3.05, 3.63) is 81.2 Å². The van der Waals surface area contributed by atoms with Gasteiger partial charge in [-0.15, -0.1) is 22.7 Å². The van der Waals surface area contributed by atoms with Gasteiger partial charge in [-0.25, -0.2) is 18.4 Å². The monoisotopic (exact) mass is 543 g/mol. The molecule has 0 spiro atoms. The fourth-order valence-corrected chi connectivity index (χ4v) is 5.64. The molecule has 7 nitrogen and oxygen atoms in total. The van der Waals surface area contributed by atoms with Crippen molar-refractivity contribution in [2.45, 2.75) is 4.90 Å². The summed E-state index contributed by atoms with van der Waals surface area (Å²) in [4.78, 5) is 8.60.